The predicted molar refractivity (Wildman–Crippen MR) is 77.2 cm³/mol. The van der Waals surface area contributed by atoms with Crippen LogP contribution in [0.5, 0.6) is 0 Å². The topological polar surface area (TPSA) is 79.0 Å². The molecule has 2 rings (SSSR count). The molecule has 1 aromatic heterocycles. The van der Waals surface area contributed by atoms with Gasteiger partial charge in [-0.15, -0.1) is 11.3 Å². The maximum absolute atomic E-state index is 10.6. The molecule has 0 amide bonds. The standard InChI is InChI=1S/C12H8BrN3O2S/c13-9-4-11(19-7-9)6-15-12-2-1-10(16(17)18)3-8(12)5-14/h1-4,7,15H,6H2. The number of nitro benzene ring substituents is 1. The van der Waals surface area contributed by atoms with Crippen LogP contribution in [0.25, 0.3) is 0 Å². The van der Waals surface area contributed by atoms with Gasteiger partial charge in [0.05, 0.1) is 16.2 Å². The Morgan fingerprint density at radius 2 is 2.26 bits per heavy atom. The lowest BCUT2D eigenvalue weighted by Gasteiger charge is -2.06. The molecule has 1 aromatic carbocycles. The van der Waals surface area contributed by atoms with Crippen LogP contribution < -0.4 is 5.32 Å². The van der Waals surface area contributed by atoms with E-state index < -0.39 is 4.92 Å². The minimum absolute atomic E-state index is 0.0824. The van der Waals surface area contributed by atoms with Crippen molar-refractivity contribution < 1.29 is 4.92 Å². The van der Waals surface area contributed by atoms with Crippen molar-refractivity contribution in [2.75, 3.05) is 5.32 Å². The van der Waals surface area contributed by atoms with Gasteiger partial charge in [-0.1, -0.05) is 0 Å². The van der Waals surface area contributed by atoms with Gasteiger partial charge < -0.3 is 5.32 Å². The number of hydrogen-bond acceptors (Lipinski definition) is 5. The molecule has 2 aromatic rings. The molecule has 19 heavy (non-hydrogen) atoms. The number of thiophene rings is 1. The molecule has 7 heteroatoms. The van der Waals surface area contributed by atoms with Crippen LogP contribution in [0.2, 0.25) is 0 Å². The van der Waals surface area contributed by atoms with E-state index in [0.717, 1.165) is 9.35 Å². The highest BCUT2D eigenvalue weighted by molar-refractivity contribution is 9.10. The Hall–Kier alpha value is -1.91. The zero-order chi connectivity index (χ0) is 13.8. The van der Waals surface area contributed by atoms with Crippen LogP contribution in [0.4, 0.5) is 11.4 Å². The lowest BCUT2D eigenvalue weighted by molar-refractivity contribution is -0.384. The van der Waals surface area contributed by atoms with Crippen LogP contribution in [0.1, 0.15) is 10.4 Å². The van der Waals surface area contributed by atoms with Crippen molar-refractivity contribution in [2.45, 2.75) is 6.54 Å². The Balaban J connectivity index is 2.16. The number of nitriles is 1. The van der Waals surface area contributed by atoms with Crippen molar-refractivity contribution >= 4 is 38.6 Å². The number of nitro groups is 1. The lowest BCUT2D eigenvalue weighted by atomic mass is 10.1. The molecule has 5 nitrogen and oxygen atoms in total. The van der Waals surface area contributed by atoms with Crippen molar-refractivity contribution in [3.63, 3.8) is 0 Å². The Morgan fingerprint density at radius 1 is 1.47 bits per heavy atom. The normalized spacial score (nSPS) is 9.89. The monoisotopic (exact) mass is 337 g/mol. The number of hydrogen-bond donors (Lipinski definition) is 1. The maximum atomic E-state index is 10.6. The van der Waals surface area contributed by atoms with Gasteiger partial charge in [0, 0.05) is 33.4 Å². The first-order valence-corrected chi connectivity index (χ1v) is 6.92. The number of anilines is 1. The van der Waals surface area contributed by atoms with Crippen LogP contribution >= 0.6 is 27.3 Å². The third-order valence-electron chi connectivity index (χ3n) is 2.41. The summed E-state index contributed by atoms with van der Waals surface area (Å²) in [7, 11) is 0. The molecule has 0 unspecified atom stereocenters. The summed E-state index contributed by atoms with van der Waals surface area (Å²) in [5, 5.41) is 24.7. The first-order chi connectivity index (χ1) is 9.10. The van der Waals surface area contributed by atoms with Crippen LogP contribution in [0.3, 0.4) is 0 Å². The highest BCUT2D eigenvalue weighted by atomic mass is 79.9. The smallest absolute Gasteiger partial charge is 0.270 e. The Kier molecular flexibility index (Phi) is 4.14. The van der Waals surface area contributed by atoms with Crippen LogP contribution in [-0.2, 0) is 6.54 Å². The fraction of sp³-hybridized carbons (Fsp3) is 0.0833. The summed E-state index contributed by atoms with van der Waals surface area (Å²) in [5.41, 5.74) is 0.781. The second-order valence-electron chi connectivity index (χ2n) is 3.68. The van der Waals surface area contributed by atoms with E-state index in [4.69, 9.17) is 5.26 Å². The van der Waals surface area contributed by atoms with E-state index in [1.165, 1.54) is 12.1 Å². The zero-order valence-electron chi connectivity index (χ0n) is 9.59. The van der Waals surface area contributed by atoms with Crippen LogP contribution in [-0.4, -0.2) is 4.92 Å². The van der Waals surface area contributed by atoms with Crippen molar-refractivity contribution in [1.82, 2.24) is 0 Å². The summed E-state index contributed by atoms with van der Waals surface area (Å²) in [5.74, 6) is 0. The lowest BCUT2D eigenvalue weighted by Crippen LogP contribution is -2.00. The minimum atomic E-state index is -0.513. The number of non-ortho nitro benzene ring substituents is 1. The fourth-order valence-corrected chi connectivity index (χ4v) is 2.91. The van der Waals surface area contributed by atoms with E-state index >= 15 is 0 Å². The first-order valence-electron chi connectivity index (χ1n) is 5.25. The van der Waals surface area contributed by atoms with Gasteiger partial charge >= 0.3 is 0 Å². The number of rotatable bonds is 4. The van der Waals surface area contributed by atoms with Gasteiger partial charge in [-0.05, 0) is 28.1 Å². The molecule has 0 radical (unpaired) electrons. The SMILES string of the molecule is N#Cc1cc([N+](=O)[O-])ccc1NCc1cc(Br)cs1. The highest BCUT2D eigenvalue weighted by Crippen LogP contribution is 2.24. The third-order valence-corrected chi connectivity index (χ3v) is 4.11. The van der Waals surface area contributed by atoms with E-state index in [-0.39, 0.29) is 11.3 Å². The summed E-state index contributed by atoms with van der Waals surface area (Å²) >= 11 is 4.96. The van der Waals surface area contributed by atoms with Crippen LogP contribution in [0.15, 0.2) is 34.1 Å². The molecule has 0 saturated heterocycles. The summed E-state index contributed by atoms with van der Waals surface area (Å²) in [6.07, 6.45) is 0. The quantitative estimate of drug-likeness (QED) is 0.677. The van der Waals surface area contributed by atoms with Gasteiger partial charge in [0.1, 0.15) is 6.07 Å². The summed E-state index contributed by atoms with van der Waals surface area (Å²) < 4.78 is 1.01. The van der Waals surface area contributed by atoms with Crippen molar-refractivity contribution in [2.24, 2.45) is 0 Å². The number of halogens is 1. The molecule has 0 bridgehead atoms. The number of benzene rings is 1. The minimum Gasteiger partial charge on any atom is -0.379 e. The third kappa shape index (κ3) is 3.30. The average molecular weight is 338 g/mol. The summed E-state index contributed by atoms with van der Waals surface area (Å²) in [6.45, 7) is 0.572. The van der Waals surface area contributed by atoms with E-state index in [1.807, 2.05) is 17.5 Å². The Bertz CT molecular complexity index is 663. The summed E-state index contributed by atoms with van der Waals surface area (Å²) in [6, 6.07) is 8.15. The molecule has 1 heterocycles. The Morgan fingerprint density at radius 3 is 2.84 bits per heavy atom. The molecule has 96 valence electrons. The molecule has 0 saturated carbocycles. The van der Waals surface area contributed by atoms with Crippen molar-refractivity contribution in [3.05, 3.63) is 54.7 Å². The molecule has 0 spiro atoms. The van der Waals surface area contributed by atoms with E-state index in [9.17, 15) is 10.1 Å². The average Bonchev–Trinajstić information content (AvgIpc) is 2.81. The highest BCUT2D eigenvalue weighted by Gasteiger charge is 2.10. The predicted octanol–water partition coefficient (Wildman–Crippen LogP) is 3.90. The number of nitrogens with one attached hydrogen (secondary N) is 1. The molecular weight excluding hydrogens is 330 g/mol. The molecule has 0 fully saturated rings. The molecule has 0 aliphatic rings. The van der Waals surface area contributed by atoms with Crippen molar-refractivity contribution in [1.29, 1.82) is 5.26 Å². The molecule has 0 aliphatic carbocycles. The fourth-order valence-electron chi connectivity index (χ4n) is 1.52. The summed E-state index contributed by atoms with van der Waals surface area (Å²) in [4.78, 5) is 11.2. The van der Waals surface area contributed by atoms with E-state index in [1.54, 1.807) is 17.4 Å². The van der Waals surface area contributed by atoms with Gasteiger partial charge in [0.25, 0.3) is 5.69 Å². The molecule has 1 N–H and O–H groups in total. The van der Waals surface area contributed by atoms with Gasteiger partial charge in [-0.2, -0.15) is 5.26 Å². The molecular formula is C12H8BrN3O2S. The zero-order valence-corrected chi connectivity index (χ0v) is 12.0. The first kappa shape index (κ1) is 13.5. The van der Waals surface area contributed by atoms with E-state index in [2.05, 4.69) is 21.2 Å². The van der Waals surface area contributed by atoms with Crippen LogP contribution in [0, 0.1) is 21.4 Å². The van der Waals surface area contributed by atoms with E-state index in [0.29, 0.717) is 12.2 Å². The second-order valence-corrected chi connectivity index (χ2v) is 5.60. The largest absolute Gasteiger partial charge is 0.379 e. The number of nitrogens with zero attached hydrogens (tertiary/aromatic N) is 2. The van der Waals surface area contributed by atoms with Gasteiger partial charge in [-0.3, -0.25) is 10.1 Å². The van der Waals surface area contributed by atoms with Gasteiger partial charge in [0.2, 0.25) is 0 Å². The Labute approximate surface area is 121 Å². The second kappa shape index (κ2) is 5.82. The van der Waals surface area contributed by atoms with Crippen molar-refractivity contribution in [3.8, 4) is 6.07 Å². The van der Waals surface area contributed by atoms with Gasteiger partial charge in [-0.25, -0.2) is 0 Å². The maximum Gasteiger partial charge on any atom is 0.270 e. The molecule has 0 aliphatic heterocycles. The molecule has 0 atom stereocenters. The van der Waals surface area contributed by atoms with Gasteiger partial charge in [0.15, 0.2) is 0 Å².